The van der Waals surface area contributed by atoms with Crippen molar-refractivity contribution in [2.75, 3.05) is 6.61 Å². The van der Waals surface area contributed by atoms with Gasteiger partial charge in [0.15, 0.2) is 0 Å². The van der Waals surface area contributed by atoms with Crippen LogP contribution in [0.2, 0.25) is 5.02 Å². The van der Waals surface area contributed by atoms with Crippen molar-refractivity contribution >= 4 is 23.4 Å². The van der Waals surface area contributed by atoms with E-state index in [1.807, 2.05) is 0 Å². The topological polar surface area (TPSA) is 63.6 Å². The molecule has 4 nitrogen and oxygen atoms in total. The first-order valence-electron chi connectivity index (χ1n) is 4.79. The molecule has 0 aromatic heterocycles. The normalized spacial score (nSPS) is 10.1. The lowest BCUT2D eigenvalue weighted by Crippen LogP contribution is -2.19. The molecule has 0 fully saturated rings. The molecule has 0 aliphatic rings. The van der Waals surface area contributed by atoms with Gasteiger partial charge in [-0.25, -0.2) is 9.18 Å². The van der Waals surface area contributed by atoms with E-state index in [1.165, 1.54) is 13.8 Å². The van der Waals surface area contributed by atoms with E-state index in [0.717, 1.165) is 6.07 Å². The zero-order valence-corrected chi connectivity index (χ0v) is 9.97. The maximum absolute atomic E-state index is 13.3. The van der Waals surface area contributed by atoms with Crippen molar-refractivity contribution in [1.29, 1.82) is 0 Å². The molecule has 0 atom stereocenters. The Morgan fingerprint density at radius 1 is 1.53 bits per heavy atom. The van der Waals surface area contributed by atoms with Crippen LogP contribution < -0.4 is 0 Å². The molecular weight excluding hydrogens is 251 g/mol. The average Bonchev–Trinajstić information content (AvgIpc) is 2.27. The summed E-state index contributed by atoms with van der Waals surface area (Å²) in [6.07, 6.45) is 0. The highest BCUT2D eigenvalue weighted by Crippen LogP contribution is 2.32. The van der Waals surface area contributed by atoms with Gasteiger partial charge in [-0.2, -0.15) is 0 Å². The number of halogens is 2. The van der Waals surface area contributed by atoms with Crippen molar-refractivity contribution in [2.45, 2.75) is 13.8 Å². The summed E-state index contributed by atoms with van der Waals surface area (Å²) < 4.78 is 17.8. The minimum Gasteiger partial charge on any atom is -0.506 e. The van der Waals surface area contributed by atoms with E-state index in [1.54, 1.807) is 0 Å². The van der Waals surface area contributed by atoms with E-state index in [2.05, 4.69) is 4.74 Å². The summed E-state index contributed by atoms with van der Waals surface area (Å²) in [5.74, 6) is -3.68. The highest BCUT2D eigenvalue weighted by Gasteiger charge is 2.26. The minimum atomic E-state index is -1.16. The van der Waals surface area contributed by atoms with Crippen molar-refractivity contribution in [3.63, 3.8) is 0 Å². The molecule has 1 rings (SSSR count). The fraction of sp³-hybridized carbons (Fsp3) is 0.273. The fourth-order valence-corrected chi connectivity index (χ4v) is 1.47. The Kier molecular flexibility index (Phi) is 4.07. The largest absolute Gasteiger partial charge is 0.506 e. The van der Waals surface area contributed by atoms with Gasteiger partial charge in [-0.15, -0.1) is 0 Å². The molecular formula is C11H10ClFO4. The Balaban J connectivity index is 3.31. The van der Waals surface area contributed by atoms with E-state index in [-0.39, 0.29) is 17.2 Å². The van der Waals surface area contributed by atoms with Crippen LogP contribution >= 0.6 is 11.6 Å². The van der Waals surface area contributed by atoms with Gasteiger partial charge in [-0.05, 0) is 25.5 Å². The Hall–Kier alpha value is -1.62. The van der Waals surface area contributed by atoms with Crippen LogP contribution in [0.1, 0.15) is 22.8 Å². The molecule has 0 spiro atoms. The zero-order valence-electron chi connectivity index (χ0n) is 9.21. The summed E-state index contributed by atoms with van der Waals surface area (Å²) in [7, 11) is 0. The lowest BCUT2D eigenvalue weighted by molar-refractivity contribution is -0.137. The molecule has 0 bridgehead atoms. The maximum Gasteiger partial charge on any atom is 0.379 e. The first-order chi connectivity index (χ1) is 7.90. The molecule has 0 amide bonds. The van der Waals surface area contributed by atoms with Crippen LogP contribution in [0.3, 0.4) is 0 Å². The number of phenolic OH excluding ortho intramolecular Hbond substituents is 1. The summed E-state index contributed by atoms with van der Waals surface area (Å²) in [6.45, 7) is 2.79. The number of ketones is 1. The van der Waals surface area contributed by atoms with Crippen molar-refractivity contribution in [3.8, 4) is 5.75 Å². The van der Waals surface area contributed by atoms with Gasteiger partial charge >= 0.3 is 5.97 Å². The molecule has 0 unspecified atom stereocenters. The van der Waals surface area contributed by atoms with E-state index >= 15 is 0 Å². The predicted molar refractivity (Wildman–Crippen MR) is 58.8 cm³/mol. The number of Topliss-reactive ketones (excluding diaryl/α,β-unsaturated/α-hetero) is 1. The lowest BCUT2D eigenvalue weighted by Gasteiger charge is -2.09. The predicted octanol–water partition coefficient (Wildman–Crippen LogP) is 2.24. The number of benzene rings is 1. The number of carbonyl (C=O) groups is 2. The first kappa shape index (κ1) is 13.4. The number of hydrogen-bond donors (Lipinski definition) is 1. The monoisotopic (exact) mass is 260 g/mol. The summed E-state index contributed by atoms with van der Waals surface area (Å²) >= 11 is 5.52. The number of carbonyl (C=O) groups excluding carboxylic acids is 2. The Labute approximate surface area is 102 Å². The maximum atomic E-state index is 13.3. The highest BCUT2D eigenvalue weighted by molar-refractivity contribution is 6.43. The fourth-order valence-electron chi connectivity index (χ4n) is 1.28. The molecule has 0 radical (unpaired) electrons. The third kappa shape index (κ3) is 2.55. The standard InChI is InChI=1S/C11H10ClFO4/c1-3-17-11(16)10(15)8-5(2)7(13)4-6(12)9(8)14/h4,14H,3H2,1-2H3. The molecule has 0 aliphatic heterocycles. The van der Waals surface area contributed by atoms with Crippen molar-refractivity contribution in [3.05, 3.63) is 28.0 Å². The highest BCUT2D eigenvalue weighted by atomic mass is 35.5. The van der Waals surface area contributed by atoms with Crippen molar-refractivity contribution in [2.24, 2.45) is 0 Å². The smallest absolute Gasteiger partial charge is 0.379 e. The molecule has 0 aliphatic carbocycles. The second kappa shape index (κ2) is 5.14. The number of rotatable bonds is 3. The zero-order chi connectivity index (χ0) is 13.2. The number of hydrogen-bond acceptors (Lipinski definition) is 4. The van der Waals surface area contributed by atoms with Gasteiger partial charge in [0, 0.05) is 0 Å². The van der Waals surface area contributed by atoms with Gasteiger partial charge in [0.25, 0.3) is 5.78 Å². The quantitative estimate of drug-likeness (QED) is 0.514. The average molecular weight is 261 g/mol. The molecule has 92 valence electrons. The third-order valence-electron chi connectivity index (χ3n) is 2.14. The van der Waals surface area contributed by atoms with Gasteiger partial charge in [-0.3, -0.25) is 4.79 Å². The summed E-state index contributed by atoms with van der Waals surface area (Å²) in [6, 6.07) is 0.869. The molecule has 1 aromatic rings. The second-order valence-corrected chi connectivity index (χ2v) is 3.65. The molecule has 0 heterocycles. The summed E-state index contributed by atoms with van der Waals surface area (Å²) in [5, 5.41) is 9.23. The van der Waals surface area contributed by atoms with Crippen molar-refractivity contribution < 1.29 is 23.8 Å². The second-order valence-electron chi connectivity index (χ2n) is 3.24. The van der Waals surface area contributed by atoms with Crippen LogP contribution in [0, 0.1) is 12.7 Å². The third-order valence-corrected chi connectivity index (χ3v) is 2.43. The Bertz CT molecular complexity index is 459. The van der Waals surface area contributed by atoms with Gasteiger partial charge in [0.2, 0.25) is 0 Å². The Morgan fingerprint density at radius 2 is 2.12 bits per heavy atom. The van der Waals surface area contributed by atoms with Crippen LogP contribution in [0.5, 0.6) is 5.75 Å². The first-order valence-corrected chi connectivity index (χ1v) is 5.17. The van der Waals surface area contributed by atoms with Crippen molar-refractivity contribution in [1.82, 2.24) is 0 Å². The number of ether oxygens (including phenoxy) is 1. The van der Waals surface area contributed by atoms with Gasteiger partial charge in [0.1, 0.15) is 11.6 Å². The number of phenols is 1. The molecule has 1 aromatic carbocycles. The van der Waals surface area contributed by atoms with Crippen LogP contribution in [-0.4, -0.2) is 23.5 Å². The van der Waals surface area contributed by atoms with Gasteiger partial charge in [-0.1, -0.05) is 11.6 Å². The molecule has 0 saturated heterocycles. The Morgan fingerprint density at radius 3 is 2.65 bits per heavy atom. The summed E-state index contributed by atoms with van der Waals surface area (Å²) in [4.78, 5) is 22.8. The van der Waals surface area contributed by atoms with Crippen LogP contribution in [0.4, 0.5) is 4.39 Å². The van der Waals surface area contributed by atoms with Crippen LogP contribution in [-0.2, 0) is 9.53 Å². The van der Waals surface area contributed by atoms with Crippen LogP contribution in [0.15, 0.2) is 6.07 Å². The van der Waals surface area contributed by atoms with E-state index in [4.69, 9.17) is 11.6 Å². The SMILES string of the molecule is CCOC(=O)C(=O)c1c(C)c(F)cc(Cl)c1O. The van der Waals surface area contributed by atoms with Gasteiger partial charge < -0.3 is 9.84 Å². The van der Waals surface area contributed by atoms with Crippen LogP contribution in [0.25, 0.3) is 0 Å². The van der Waals surface area contributed by atoms with E-state index < -0.39 is 28.9 Å². The number of esters is 1. The summed E-state index contributed by atoms with van der Waals surface area (Å²) in [5.41, 5.74) is -0.613. The molecule has 1 N–H and O–H groups in total. The lowest BCUT2D eigenvalue weighted by atomic mass is 10.0. The molecule has 17 heavy (non-hydrogen) atoms. The number of aromatic hydroxyl groups is 1. The van der Waals surface area contributed by atoms with Gasteiger partial charge in [0.05, 0.1) is 17.2 Å². The van der Waals surface area contributed by atoms with E-state index in [0.29, 0.717) is 0 Å². The van der Waals surface area contributed by atoms with E-state index in [9.17, 15) is 19.1 Å². The molecule has 0 saturated carbocycles. The molecule has 6 heteroatoms. The minimum absolute atomic E-state index is 0.00737.